The highest BCUT2D eigenvalue weighted by molar-refractivity contribution is 4.47. The van der Waals surface area contributed by atoms with Gasteiger partial charge in [0.1, 0.15) is 6.10 Å². The normalized spacial score (nSPS) is 13.7. The van der Waals surface area contributed by atoms with E-state index in [2.05, 4.69) is 0 Å². The van der Waals surface area contributed by atoms with Crippen molar-refractivity contribution >= 4 is 0 Å². The highest BCUT2D eigenvalue weighted by atomic mass is 16.5. The van der Waals surface area contributed by atoms with Crippen molar-refractivity contribution in [3.05, 3.63) is 0 Å². The van der Waals surface area contributed by atoms with Crippen molar-refractivity contribution in [2.75, 3.05) is 19.8 Å². The van der Waals surface area contributed by atoms with Crippen molar-refractivity contribution in [1.82, 2.24) is 0 Å². The second kappa shape index (κ2) is 6.01. The molecule has 3 nitrogen and oxygen atoms in total. The third-order valence-electron chi connectivity index (χ3n) is 0.869. The molecule has 0 aliphatic rings. The van der Waals surface area contributed by atoms with Crippen LogP contribution in [0, 0.1) is 0 Å². The third-order valence-corrected chi connectivity index (χ3v) is 0.869. The van der Waals surface area contributed by atoms with E-state index in [0.717, 1.165) is 6.42 Å². The number of ether oxygens (including phenoxy) is 1. The first-order chi connectivity index (χ1) is 4.31. The zero-order valence-corrected chi connectivity index (χ0v) is 5.71. The number of hydrogen-bond donors (Lipinski definition) is 2. The molecule has 56 valence electrons. The Morgan fingerprint density at radius 3 is 2.67 bits per heavy atom. The minimum atomic E-state index is -0.712. The lowest BCUT2D eigenvalue weighted by Crippen LogP contribution is -2.19. The Kier molecular flexibility index (Phi) is 5.93. The van der Waals surface area contributed by atoms with E-state index in [-0.39, 0.29) is 13.2 Å². The second-order valence-electron chi connectivity index (χ2n) is 1.91. The highest BCUT2D eigenvalue weighted by Gasteiger charge is 1.98. The summed E-state index contributed by atoms with van der Waals surface area (Å²) < 4.78 is 4.93. The number of hydrogen-bond acceptors (Lipinski definition) is 3. The van der Waals surface area contributed by atoms with Crippen LogP contribution < -0.4 is 0 Å². The van der Waals surface area contributed by atoms with E-state index >= 15 is 0 Å². The molecule has 0 radical (unpaired) electrons. The van der Waals surface area contributed by atoms with Gasteiger partial charge in [0.05, 0.1) is 13.2 Å². The molecule has 0 aliphatic heterocycles. The van der Waals surface area contributed by atoms with E-state index in [1.165, 1.54) is 0 Å². The molecular formula is C6H14O3. The van der Waals surface area contributed by atoms with Crippen molar-refractivity contribution in [3.63, 3.8) is 0 Å². The molecule has 0 aromatic heterocycles. The van der Waals surface area contributed by atoms with Gasteiger partial charge in [-0.3, -0.25) is 0 Å². The molecule has 9 heavy (non-hydrogen) atoms. The van der Waals surface area contributed by atoms with Crippen molar-refractivity contribution < 1.29 is 14.9 Å². The van der Waals surface area contributed by atoms with Crippen molar-refractivity contribution in [3.8, 4) is 0 Å². The molecule has 0 aromatic rings. The van der Waals surface area contributed by atoms with E-state index in [0.29, 0.717) is 6.61 Å². The largest absolute Gasteiger partial charge is 0.394 e. The molecule has 0 aliphatic carbocycles. The van der Waals surface area contributed by atoms with Gasteiger partial charge in [-0.15, -0.1) is 0 Å². The summed E-state index contributed by atoms with van der Waals surface area (Å²) in [6, 6.07) is 0. The summed E-state index contributed by atoms with van der Waals surface area (Å²) in [7, 11) is 0. The van der Waals surface area contributed by atoms with Gasteiger partial charge in [-0.05, 0) is 6.42 Å². The van der Waals surface area contributed by atoms with Gasteiger partial charge in [-0.25, -0.2) is 0 Å². The quantitative estimate of drug-likeness (QED) is 0.510. The van der Waals surface area contributed by atoms with Crippen LogP contribution in [0.2, 0.25) is 0 Å². The van der Waals surface area contributed by atoms with E-state index in [1.807, 2.05) is 6.92 Å². The third kappa shape index (κ3) is 5.76. The van der Waals surface area contributed by atoms with Gasteiger partial charge in [-0.2, -0.15) is 0 Å². The van der Waals surface area contributed by atoms with Gasteiger partial charge >= 0.3 is 0 Å². The maximum atomic E-state index is 8.71. The van der Waals surface area contributed by atoms with Crippen LogP contribution in [-0.2, 0) is 4.74 Å². The Labute approximate surface area is 55.3 Å². The van der Waals surface area contributed by atoms with Crippen LogP contribution in [0.4, 0.5) is 0 Å². The van der Waals surface area contributed by atoms with Crippen LogP contribution in [0.1, 0.15) is 13.3 Å². The molecule has 3 heteroatoms. The Bertz CT molecular complexity index is 56.3. The monoisotopic (exact) mass is 134 g/mol. The van der Waals surface area contributed by atoms with Crippen LogP contribution in [0.3, 0.4) is 0 Å². The van der Waals surface area contributed by atoms with Crippen LogP contribution in [0.25, 0.3) is 0 Å². The minimum absolute atomic E-state index is 0.219. The molecule has 0 heterocycles. The fourth-order valence-corrected chi connectivity index (χ4v) is 0.416. The zero-order chi connectivity index (χ0) is 7.11. The standard InChI is InChI=1S/C6H14O3/c1-2-3-9-5-6(8)4-7/h6-8H,2-5H2,1H3. The SMILES string of the molecule is CCCOCC(O)CO. The summed E-state index contributed by atoms with van der Waals surface area (Å²) in [4.78, 5) is 0. The van der Waals surface area contributed by atoms with Gasteiger partial charge < -0.3 is 14.9 Å². The average molecular weight is 134 g/mol. The van der Waals surface area contributed by atoms with E-state index in [1.54, 1.807) is 0 Å². The summed E-state index contributed by atoms with van der Waals surface area (Å²) in [5, 5.41) is 17.0. The predicted octanol–water partition coefficient (Wildman–Crippen LogP) is -0.234. The molecule has 1 atom stereocenters. The summed E-state index contributed by atoms with van der Waals surface area (Å²) in [6.07, 6.45) is 0.231. The minimum Gasteiger partial charge on any atom is -0.394 e. The van der Waals surface area contributed by atoms with Crippen molar-refractivity contribution in [1.29, 1.82) is 0 Å². The molecule has 1 unspecified atom stereocenters. The summed E-state index contributed by atoms with van der Waals surface area (Å²) in [5.74, 6) is 0. The molecule has 0 saturated carbocycles. The molecule has 0 bridgehead atoms. The van der Waals surface area contributed by atoms with E-state index in [9.17, 15) is 0 Å². The first-order valence-electron chi connectivity index (χ1n) is 3.18. The van der Waals surface area contributed by atoms with Crippen molar-refractivity contribution in [2.24, 2.45) is 0 Å². The topological polar surface area (TPSA) is 49.7 Å². The molecular weight excluding hydrogens is 120 g/mol. The Balaban J connectivity index is 2.88. The molecule has 0 saturated heterocycles. The molecule has 0 spiro atoms. The maximum absolute atomic E-state index is 8.71. The second-order valence-corrected chi connectivity index (χ2v) is 1.91. The molecule has 0 amide bonds. The van der Waals surface area contributed by atoms with Crippen LogP contribution in [0.15, 0.2) is 0 Å². The Morgan fingerprint density at radius 2 is 2.22 bits per heavy atom. The first-order valence-corrected chi connectivity index (χ1v) is 3.18. The van der Waals surface area contributed by atoms with Gasteiger partial charge in [-0.1, -0.05) is 6.92 Å². The smallest absolute Gasteiger partial charge is 0.100 e. The molecule has 0 aromatic carbocycles. The zero-order valence-electron chi connectivity index (χ0n) is 5.71. The van der Waals surface area contributed by atoms with Gasteiger partial charge in [0.25, 0.3) is 0 Å². The van der Waals surface area contributed by atoms with E-state index in [4.69, 9.17) is 14.9 Å². The van der Waals surface area contributed by atoms with E-state index < -0.39 is 6.10 Å². The first kappa shape index (κ1) is 8.88. The fourth-order valence-electron chi connectivity index (χ4n) is 0.416. The van der Waals surface area contributed by atoms with Gasteiger partial charge in [0.15, 0.2) is 0 Å². The summed E-state index contributed by atoms with van der Waals surface area (Å²) >= 11 is 0. The van der Waals surface area contributed by atoms with Crippen LogP contribution >= 0.6 is 0 Å². The van der Waals surface area contributed by atoms with Gasteiger partial charge in [0, 0.05) is 6.61 Å². The predicted molar refractivity (Wildman–Crippen MR) is 34.2 cm³/mol. The molecule has 0 rings (SSSR count). The maximum Gasteiger partial charge on any atom is 0.100 e. The Morgan fingerprint density at radius 1 is 1.56 bits per heavy atom. The fraction of sp³-hybridized carbons (Fsp3) is 1.00. The van der Waals surface area contributed by atoms with Crippen LogP contribution in [0.5, 0.6) is 0 Å². The molecule has 2 N–H and O–H groups in total. The number of rotatable bonds is 5. The summed E-state index contributed by atoms with van der Waals surface area (Å²) in [6.45, 7) is 2.66. The van der Waals surface area contributed by atoms with Crippen LogP contribution in [-0.4, -0.2) is 36.1 Å². The lowest BCUT2D eigenvalue weighted by molar-refractivity contribution is 0.00653. The Hall–Kier alpha value is -0.120. The number of aliphatic hydroxyl groups is 2. The highest BCUT2D eigenvalue weighted by Crippen LogP contribution is 1.84. The number of aliphatic hydroxyl groups excluding tert-OH is 2. The molecule has 0 fully saturated rings. The lowest BCUT2D eigenvalue weighted by Gasteiger charge is -2.05. The van der Waals surface area contributed by atoms with Gasteiger partial charge in [0.2, 0.25) is 0 Å². The van der Waals surface area contributed by atoms with Crippen molar-refractivity contribution in [2.45, 2.75) is 19.4 Å². The average Bonchev–Trinajstić information content (AvgIpc) is 1.89. The lowest BCUT2D eigenvalue weighted by atomic mass is 10.4. The summed E-state index contributed by atoms with van der Waals surface area (Å²) in [5.41, 5.74) is 0.